The quantitative estimate of drug-likeness (QED) is 0.504. The topological polar surface area (TPSA) is 56.5 Å². The lowest BCUT2D eigenvalue weighted by molar-refractivity contribution is 0.141. The fourth-order valence-corrected chi connectivity index (χ4v) is 1.64. The molecule has 0 bridgehead atoms. The van der Waals surface area contributed by atoms with Gasteiger partial charge in [-0.1, -0.05) is 20.3 Å². The highest BCUT2D eigenvalue weighted by Crippen LogP contribution is 2.22. The van der Waals surface area contributed by atoms with Gasteiger partial charge in [-0.25, -0.2) is 0 Å². The molecular weight excluding hydrogens is 240 g/mol. The van der Waals surface area contributed by atoms with E-state index in [2.05, 4.69) is 19.2 Å². The molecule has 0 heterocycles. The van der Waals surface area contributed by atoms with Crippen LogP contribution in [0.1, 0.15) is 33.1 Å². The molecule has 0 aliphatic heterocycles. The summed E-state index contributed by atoms with van der Waals surface area (Å²) in [5, 5.41) is 3.29. The first-order valence-electron chi connectivity index (χ1n) is 7.11. The van der Waals surface area contributed by atoms with Crippen molar-refractivity contribution in [3.05, 3.63) is 18.2 Å². The first-order chi connectivity index (χ1) is 9.26. The van der Waals surface area contributed by atoms with Crippen molar-refractivity contribution in [2.75, 3.05) is 37.4 Å². The van der Waals surface area contributed by atoms with Crippen molar-refractivity contribution in [3.63, 3.8) is 0 Å². The molecule has 0 atom stereocenters. The third-order valence-corrected chi connectivity index (χ3v) is 2.62. The van der Waals surface area contributed by atoms with Crippen LogP contribution in [0.4, 0.5) is 11.4 Å². The van der Waals surface area contributed by atoms with E-state index in [1.165, 1.54) is 6.42 Å². The molecule has 0 aromatic heterocycles. The third-order valence-electron chi connectivity index (χ3n) is 2.62. The maximum absolute atomic E-state index is 5.85. The van der Waals surface area contributed by atoms with E-state index in [-0.39, 0.29) is 0 Å². The van der Waals surface area contributed by atoms with Crippen LogP contribution in [-0.2, 0) is 4.74 Å². The zero-order valence-corrected chi connectivity index (χ0v) is 12.1. The molecule has 0 aliphatic carbocycles. The first-order valence-corrected chi connectivity index (χ1v) is 7.11. The van der Waals surface area contributed by atoms with Crippen molar-refractivity contribution in [1.29, 1.82) is 0 Å². The van der Waals surface area contributed by atoms with Crippen LogP contribution in [0.25, 0.3) is 0 Å². The van der Waals surface area contributed by atoms with Crippen LogP contribution in [0.15, 0.2) is 18.2 Å². The molecule has 19 heavy (non-hydrogen) atoms. The lowest BCUT2D eigenvalue weighted by atomic mass is 10.2. The number of unbranched alkanes of at least 4 members (excludes halogenated alkanes) is 1. The zero-order valence-electron chi connectivity index (χ0n) is 12.1. The first kappa shape index (κ1) is 15.6. The summed E-state index contributed by atoms with van der Waals surface area (Å²) in [5.74, 6) is 0.816. The van der Waals surface area contributed by atoms with Crippen molar-refractivity contribution in [1.82, 2.24) is 0 Å². The summed E-state index contributed by atoms with van der Waals surface area (Å²) in [5.41, 5.74) is 7.54. The summed E-state index contributed by atoms with van der Waals surface area (Å²) in [7, 11) is 0. The smallest absolute Gasteiger partial charge is 0.123 e. The molecule has 0 radical (unpaired) electrons. The second-order valence-corrected chi connectivity index (χ2v) is 4.53. The Hall–Kier alpha value is -1.42. The van der Waals surface area contributed by atoms with Crippen molar-refractivity contribution in [2.24, 2.45) is 0 Å². The van der Waals surface area contributed by atoms with Crippen LogP contribution >= 0.6 is 0 Å². The Bertz CT molecular complexity index is 356. The second kappa shape index (κ2) is 9.50. The van der Waals surface area contributed by atoms with Gasteiger partial charge in [-0.05, 0) is 18.9 Å². The number of rotatable bonds is 10. The molecule has 0 saturated carbocycles. The van der Waals surface area contributed by atoms with Gasteiger partial charge in [-0.15, -0.1) is 0 Å². The van der Waals surface area contributed by atoms with Crippen molar-refractivity contribution in [2.45, 2.75) is 33.1 Å². The number of anilines is 2. The molecule has 0 unspecified atom stereocenters. The Kier molecular flexibility index (Phi) is 7.82. The average molecular weight is 266 g/mol. The van der Waals surface area contributed by atoms with Crippen LogP contribution in [-0.4, -0.2) is 26.4 Å². The van der Waals surface area contributed by atoms with Crippen LogP contribution in [0.2, 0.25) is 0 Å². The molecule has 1 rings (SSSR count). The van der Waals surface area contributed by atoms with E-state index in [4.69, 9.17) is 15.2 Å². The maximum atomic E-state index is 5.85. The number of benzene rings is 1. The minimum Gasteiger partial charge on any atom is -0.493 e. The number of ether oxygens (including phenoxy) is 2. The molecular formula is C15H26N2O2. The summed E-state index contributed by atoms with van der Waals surface area (Å²) in [6.45, 7) is 7.27. The standard InChI is InChI=1S/C15H26N2O2/c1-3-5-8-18-9-6-17-14-10-13(16)11-15(12-14)19-7-4-2/h10-12,17H,3-9,16H2,1-2H3. The highest BCUT2D eigenvalue weighted by molar-refractivity contribution is 5.59. The van der Waals surface area contributed by atoms with E-state index in [0.717, 1.165) is 37.4 Å². The summed E-state index contributed by atoms with van der Waals surface area (Å²) < 4.78 is 11.1. The Labute approximate surface area is 116 Å². The summed E-state index contributed by atoms with van der Waals surface area (Å²) in [6, 6.07) is 5.72. The van der Waals surface area contributed by atoms with Gasteiger partial charge in [0.05, 0.1) is 13.2 Å². The van der Waals surface area contributed by atoms with Gasteiger partial charge in [0.2, 0.25) is 0 Å². The van der Waals surface area contributed by atoms with Gasteiger partial charge in [0.25, 0.3) is 0 Å². The van der Waals surface area contributed by atoms with Gasteiger partial charge in [0.15, 0.2) is 0 Å². The van der Waals surface area contributed by atoms with Crippen LogP contribution < -0.4 is 15.8 Å². The van der Waals surface area contributed by atoms with E-state index < -0.39 is 0 Å². The van der Waals surface area contributed by atoms with Gasteiger partial charge < -0.3 is 20.5 Å². The Morgan fingerprint density at radius 1 is 1.05 bits per heavy atom. The molecule has 0 amide bonds. The average Bonchev–Trinajstić information content (AvgIpc) is 2.40. The lowest BCUT2D eigenvalue weighted by Gasteiger charge is -2.11. The van der Waals surface area contributed by atoms with E-state index in [1.807, 2.05) is 18.2 Å². The van der Waals surface area contributed by atoms with Gasteiger partial charge in [-0.3, -0.25) is 0 Å². The van der Waals surface area contributed by atoms with Gasteiger partial charge in [-0.2, -0.15) is 0 Å². The fourth-order valence-electron chi connectivity index (χ4n) is 1.64. The minimum atomic E-state index is 0.708. The predicted octanol–water partition coefficient (Wildman–Crippen LogP) is 3.29. The SMILES string of the molecule is CCCCOCCNc1cc(N)cc(OCCC)c1. The third kappa shape index (κ3) is 6.91. The lowest BCUT2D eigenvalue weighted by Crippen LogP contribution is -2.10. The number of nitrogens with one attached hydrogen (secondary N) is 1. The molecule has 0 spiro atoms. The maximum Gasteiger partial charge on any atom is 0.123 e. The number of hydrogen-bond acceptors (Lipinski definition) is 4. The summed E-state index contributed by atoms with van der Waals surface area (Å²) in [4.78, 5) is 0. The molecule has 0 saturated heterocycles. The Morgan fingerprint density at radius 2 is 1.89 bits per heavy atom. The highest BCUT2D eigenvalue weighted by atomic mass is 16.5. The normalized spacial score (nSPS) is 10.4. The minimum absolute atomic E-state index is 0.708. The Morgan fingerprint density at radius 3 is 2.63 bits per heavy atom. The second-order valence-electron chi connectivity index (χ2n) is 4.53. The van der Waals surface area contributed by atoms with Gasteiger partial charge >= 0.3 is 0 Å². The molecule has 4 heteroatoms. The fraction of sp³-hybridized carbons (Fsp3) is 0.600. The summed E-state index contributed by atoms with van der Waals surface area (Å²) in [6.07, 6.45) is 3.27. The molecule has 0 aliphatic rings. The Balaban J connectivity index is 2.34. The predicted molar refractivity (Wildman–Crippen MR) is 80.9 cm³/mol. The molecule has 108 valence electrons. The number of hydrogen-bond donors (Lipinski definition) is 2. The van der Waals surface area contributed by atoms with E-state index >= 15 is 0 Å². The summed E-state index contributed by atoms with van der Waals surface area (Å²) >= 11 is 0. The molecule has 4 nitrogen and oxygen atoms in total. The number of nitrogens with two attached hydrogens (primary N) is 1. The van der Waals surface area contributed by atoms with Crippen LogP contribution in [0, 0.1) is 0 Å². The monoisotopic (exact) mass is 266 g/mol. The highest BCUT2D eigenvalue weighted by Gasteiger charge is 2.00. The van der Waals surface area contributed by atoms with Crippen molar-refractivity contribution in [3.8, 4) is 5.75 Å². The molecule has 0 fully saturated rings. The van der Waals surface area contributed by atoms with E-state index in [1.54, 1.807) is 0 Å². The van der Waals surface area contributed by atoms with Gasteiger partial charge in [0, 0.05) is 36.7 Å². The largest absolute Gasteiger partial charge is 0.493 e. The molecule has 1 aromatic rings. The zero-order chi connectivity index (χ0) is 13.9. The van der Waals surface area contributed by atoms with E-state index in [9.17, 15) is 0 Å². The van der Waals surface area contributed by atoms with Crippen LogP contribution in [0.5, 0.6) is 5.75 Å². The molecule has 1 aromatic carbocycles. The number of nitrogen functional groups attached to an aromatic ring is 1. The van der Waals surface area contributed by atoms with Gasteiger partial charge in [0.1, 0.15) is 5.75 Å². The molecule has 3 N–H and O–H groups in total. The van der Waals surface area contributed by atoms with Crippen molar-refractivity contribution < 1.29 is 9.47 Å². The van der Waals surface area contributed by atoms with Crippen LogP contribution in [0.3, 0.4) is 0 Å². The van der Waals surface area contributed by atoms with Crippen molar-refractivity contribution >= 4 is 11.4 Å². The van der Waals surface area contributed by atoms with E-state index in [0.29, 0.717) is 18.9 Å².